The lowest BCUT2D eigenvalue weighted by molar-refractivity contribution is 0.660. The largest absolute Gasteiger partial charge is 0.455 e. The minimum Gasteiger partial charge on any atom is -0.455 e. The van der Waals surface area contributed by atoms with Crippen LogP contribution >= 0.6 is 0 Å². The van der Waals surface area contributed by atoms with Crippen LogP contribution in [0.3, 0.4) is 0 Å². The summed E-state index contributed by atoms with van der Waals surface area (Å²) in [6.07, 6.45) is 0. The standard InChI is InChI=1S/C45H33NO/c1-45(2)37-20-11-9-18-35(37)42-38(45)21-13-22-39(42)46(33-26-24-31(25-27-33)30-14-5-3-6-15-30)40-29-28-34(32-16-7-4-8-17-32)44-43(40)36-19-10-12-23-41(36)47-44/h3-29H,1-2H3. The van der Waals surface area contributed by atoms with E-state index in [4.69, 9.17) is 4.42 Å². The molecule has 1 heterocycles. The molecule has 0 N–H and O–H groups in total. The second-order valence-electron chi connectivity index (χ2n) is 12.9. The molecular weight excluding hydrogens is 571 g/mol. The Labute approximate surface area is 275 Å². The molecule has 47 heavy (non-hydrogen) atoms. The third-order valence-electron chi connectivity index (χ3n) is 9.89. The van der Waals surface area contributed by atoms with Gasteiger partial charge in [0.2, 0.25) is 0 Å². The summed E-state index contributed by atoms with van der Waals surface area (Å²) in [4.78, 5) is 2.45. The van der Waals surface area contributed by atoms with Gasteiger partial charge in [-0.1, -0.05) is 141 Å². The van der Waals surface area contributed by atoms with E-state index in [1.165, 1.54) is 33.4 Å². The lowest BCUT2D eigenvalue weighted by atomic mass is 9.82. The topological polar surface area (TPSA) is 16.4 Å². The molecule has 0 saturated heterocycles. The molecule has 0 amide bonds. The van der Waals surface area contributed by atoms with Crippen molar-refractivity contribution in [2.45, 2.75) is 19.3 Å². The Hall–Kier alpha value is -5.86. The van der Waals surface area contributed by atoms with Crippen molar-refractivity contribution in [3.8, 4) is 33.4 Å². The van der Waals surface area contributed by atoms with E-state index in [1.54, 1.807) is 0 Å². The Bertz CT molecular complexity index is 2420. The maximum absolute atomic E-state index is 6.73. The Morgan fingerprint density at radius 3 is 1.89 bits per heavy atom. The highest BCUT2D eigenvalue weighted by molar-refractivity contribution is 6.17. The minimum atomic E-state index is -0.112. The molecule has 0 saturated carbocycles. The lowest BCUT2D eigenvalue weighted by Crippen LogP contribution is -2.16. The molecule has 2 heteroatoms. The number of fused-ring (bicyclic) bond motifs is 6. The molecule has 8 aromatic rings. The van der Waals surface area contributed by atoms with Crippen LogP contribution in [0.5, 0.6) is 0 Å². The number of rotatable bonds is 5. The van der Waals surface area contributed by atoms with Gasteiger partial charge in [0.1, 0.15) is 11.2 Å². The SMILES string of the molecule is CC1(C)c2ccccc2-c2c(N(c3ccc(-c4ccccc4)cc3)c3ccc(-c4ccccc4)c4oc5ccccc5c34)cccc21. The third kappa shape index (κ3) is 4.26. The number of benzene rings is 7. The van der Waals surface area contributed by atoms with Crippen LogP contribution in [0.4, 0.5) is 17.1 Å². The number of anilines is 3. The van der Waals surface area contributed by atoms with E-state index >= 15 is 0 Å². The molecule has 0 radical (unpaired) electrons. The molecule has 224 valence electrons. The zero-order chi connectivity index (χ0) is 31.5. The van der Waals surface area contributed by atoms with Gasteiger partial charge < -0.3 is 9.32 Å². The maximum Gasteiger partial charge on any atom is 0.145 e. The van der Waals surface area contributed by atoms with Crippen molar-refractivity contribution in [3.63, 3.8) is 0 Å². The van der Waals surface area contributed by atoms with E-state index in [0.29, 0.717) is 0 Å². The number of hydrogen-bond donors (Lipinski definition) is 0. The Balaban J connectivity index is 1.35. The number of nitrogens with zero attached hydrogens (tertiary/aromatic N) is 1. The minimum absolute atomic E-state index is 0.112. The second kappa shape index (κ2) is 10.6. The van der Waals surface area contributed by atoms with Crippen LogP contribution in [0.15, 0.2) is 168 Å². The van der Waals surface area contributed by atoms with Crippen molar-refractivity contribution in [2.75, 3.05) is 4.90 Å². The molecule has 0 aliphatic heterocycles. The average molecular weight is 604 g/mol. The summed E-state index contributed by atoms with van der Waals surface area (Å²) >= 11 is 0. The van der Waals surface area contributed by atoms with Gasteiger partial charge >= 0.3 is 0 Å². The molecule has 0 atom stereocenters. The molecular formula is C45H33NO. The Morgan fingerprint density at radius 1 is 0.468 bits per heavy atom. The van der Waals surface area contributed by atoms with Gasteiger partial charge in [0.05, 0.1) is 16.8 Å². The monoisotopic (exact) mass is 603 g/mol. The molecule has 1 aliphatic rings. The maximum atomic E-state index is 6.73. The lowest BCUT2D eigenvalue weighted by Gasteiger charge is -2.30. The van der Waals surface area contributed by atoms with Gasteiger partial charge in [-0.2, -0.15) is 0 Å². The molecule has 7 aromatic carbocycles. The molecule has 1 aliphatic carbocycles. The van der Waals surface area contributed by atoms with Crippen LogP contribution in [0.1, 0.15) is 25.0 Å². The molecule has 0 unspecified atom stereocenters. The van der Waals surface area contributed by atoms with Gasteiger partial charge in [0.25, 0.3) is 0 Å². The van der Waals surface area contributed by atoms with Crippen molar-refractivity contribution in [1.82, 2.24) is 0 Å². The van der Waals surface area contributed by atoms with Gasteiger partial charge in [0, 0.05) is 27.6 Å². The summed E-state index contributed by atoms with van der Waals surface area (Å²) in [6, 6.07) is 58.7. The van der Waals surface area contributed by atoms with Crippen LogP contribution in [0.2, 0.25) is 0 Å². The second-order valence-corrected chi connectivity index (χ2v) is 12.9. The first-order valence-electron chi connectivity index (χ1n) is 16.3. The van der Waals surface area contributed by atoms with E-state index in [2.05, 4.69) is 183 Å². The van der Waals surface area contributed by atoms with E-state index in [1.807, 2.05) is 0 Å². The summed E-state index contributed by atoms with van der Waals surface area (Å²) in [6.45, 7) is 4.69. The summed E-state index contributed by atoms with van der Waals surface area (Å²) in [5, 5.41) is 2.21. The van der Waals surface area contributed by atoms with E-state index in [9.17, 15) is 0 Å². The van der Waals surface area contributed by atoms with Gasteiger partial charge in [-0.25, -0.2) is 0 Å². The summed E-state index contributed by atoms with van der Waals surface area (Å²) in [5.41, 5.74) is 14.9. The zero-order valence-corrected chi connectivity index (χ0v) is 26.4. The highest BCUT2D eigenvalue weighted by atomic mass is 16.3. The highest BCUT2D eigenvalue weighted by Crippen LogP contribution is 2.55. The smallest absolute Gasteiger partial charge is 0.145 e. The normalized spacial score (nSPS) is 13.1. The third-order valence-corrected chi connectivity index (χ3v) is 9.89. The molecule has 0 bridgehead atoms. The first kappa shape index (κ1) is 27.5. The van der Waals surface area contributed by atoms with Crippen LogP contribution < -0.4 is 4.90 Å². The van der Waals surface area contributed by atoms with Crippen molar-refractivity contribution in [3.05, 3.63) is 175 Å². The average Bonchev–Trinajstić information content (AvgIpc) is 3.63. The predicted molar refractivity (Wildman–Crippen MR) is 197 cm³/mol. The van der Waals surface area contributed by atoms with Gasteiger partial charge in [-0.15, -0.1) is 0 Å². The van der Waals surface area contributed by atoms with Crippen molar-refractivity contribution >= 4 is 39.0 Å². The summed E-state index contributed by atoms with van der Waals surface area (Å²) in [7, 11) is 0. The van der Waals surface area contributed by atoms with Crippen molar-refractivity contribution < 1.29 is 4.42 Å². The first-order valence-corrected chi connectivity index (χ1v) is 16.3. The van der Waals surface area contributed by atoms with E-state index < -0.39 is 0 Å². The van der Waals surface area contributed by atoms with Crippen LogP contribution in [-0.2, 0) is 5.41 Å². The summed E-state index contributed by atoms with van der Waals surface area (Å²) < 4.78 is 6.73. The van der Waals surface area contributed by atoms with Crippen LogP contribution in [-0.4, -0.2) is 0 Å². The van der Waals surface area contributed by atoms with Gasteiger partial charge in [-0.3, -0.25) is 0 Å². The van der Waals surface area contributed by atoms with Crippen molar-refractivity contribution in [1.29, 1.82) is 0 Å². The molecule has 2 nitrogen and oxygen atoms in total. The van der Waals surface area contributed by atoms with Crippen LogP contribution in [0.25, 0.3) is 55.3 Å². The fourth-order valence-electron chi connectivity index (χ4n) is 7.61. The number of para-hydroxylation sites is 1. The predicted octanol–water partition coefficient (Wildman–Crippen LogP) is 12.7. The molecule has 1 aromatic heterocycles. The Kier molecular flexibility index (Phi) is 6.20. The molecule has 9 rings (SSSR count). The fourth-order valence-corrected chi connectivity index (χ4v) is 7.61. The molecule has 0 spiro atoms. The zero-order valence-electron chi connectivity index (χ0n) is 26.4. The number of hydrogen-bond acceptors (Lipinski definition) is 2. The van der Waals surface area contributed by atoms with Gasteiger partial charge in [0.15, 0.2) is 0 Å². The highest BCUT2D eigenvalue weighted by Gasteiger charge is 2.38. The van der Waals surface area contributed by atoms with Gasteiger partial charge in [-0.05, 0) is 69.8 Å². The fraction of sp³-hybridized carbons (Fsp3) is 0.0667. The molecule has 0 fully saturated rings. The summed E-state index contributed by atoms with van der Waals surface area (Å²) in [5.74, 6) is 0. The van der Waals surface area contributed by atoms with E-state index in [-0.39, 0.29) is 5.41 Å². The number of furan rings is 1. The van der Waals surface area contributed by atoms with E-state index in [0.717, 1.165) is 50.1 Å². The quantitative estimate of drug-likeness (QED) is 0.195. The van der Waals surface area contributed by atoms with Crippen LogP contribution in [0, 0.1) is 0 Å². The Morgan fingerprint density at radius 2 is 1.11 bits per heavy atom. The first-order chi connectivity index (χ1) is 23.1. The van der Waals surface area contributed by atoms with Crippen molar-refractivity contribution in [2.24, 2.45) is 0 Å².